The molecule has 1 saturated carbocycles. The van der Waals surface area contributed by atoms with Crippen LogP contribution in [0.15, 0.2) is 6.33 Å². The summed E-state index contributed by atoms with van der Waals surface area (Å²) in [7, 11) is 1.84. The number of hydrogen-bond donors (Lipinski definition) is 2. The normalized spacial score (nSPS) is 30.1. The molecule has 3 N–H and O–H groups in total. The molecular formula is C13H21N5O2. The van der Waals surface area contributed by atoms with E-state index in [0.717, 1.165) is 31.8 Å². The van der Waals surface area contributed by atoms with E-state index in [1.54, 1.807) is 4.68 Å². The molecule has 3 atom stereocenters. The average molecular weight is 279 g/mol. The number of amides is 1. The highest BCUT2D eigenvalue weighted by atomic mass is 16.6. The van der Waals surface area contributed by atoms with Crippen LogP contribution in [-0.2, 0) is 18.2 Å². The average Bonchev–Trinajstić information content (AvgIpc) is 3.03. The zero-order chi connectivity index (χ0) is 14.1. The number of fused-ring (bicyclic) bond motifs is 1. The second kappa shape index (κ2) is 5.40. The van der Waals surface area contributed by atoms with E-state index < -0.39 is 6.09 Å². The molecule has 1 amide bonds. The van der Waals surface area contributed by atoms with Crippen molar-refractivity contribution in [1.82, 2.24) is 20.1 Å². The Kier molecular flexibility index (Phi) is 3.60. The summed E-state index contributed by atoms with van der Waals surface area (Å²) in [5, 5.41) is 7.48. The standard InChI is InChI=1S/C13H21N5O2/c1-18-12(16-7-17-18)4-11(20-13(14)19)8-2-9-5-15-6-10(9)3-8/h7-11,15H,2-6H2,1H3,(H2,14,19). The number of nitrogens with one attached hydrogen (secondary N) is 1. The van der Waals surface area contributed by atoms with Crippen molar-refractivity contribution in [3.05, 3.63) is 12.2 Å². The highest BCUT2D eigenvalue weighted by Gasteiger charge is 2.41. The first-order valence-corrected chi connectivity index (χ1v) is 7.13. The number of rotatable bonds is 4. The van der Waals surface area contributed by atoms with Gasteiger partial charge in [-0.25, -0.2) is 9.78 Å². The van der Waals surface area contributed by atoms with Crippen molar-refractivity contribution in [2.24, 2.45) is 30.5 Å². The number of carbonyl (C=O) groups is 1. The fourth-order valence-electron chi connectivity index (χ4n) is 3.66. The van der Waals surface area contributed by atoms with Crippen LogP contribution in [-0.4, -0.2) is 40.1 Å². The minimum absolute atomic E-state index is 0.194. The lowest BCUT2D eigenvalue weighted by atomic mass is 9.96. The van der Waals surface area contributed by atoms with Crippen LogP contribution in [0.25, 0.3) is 0 Å². The minimum atomic E-state index is -0.702. The number of hydrogen-bond acceptors (Lipinski definition) is 5. The highest BCUT2D eigenvalue weighted by molar-refractivity contribution is 5.64. The van der Waals surface area contributed by atoms with Gasteiger partial charge in [-0.3, -0.25) is 4.68 Å². The molecule has 0 bridgehead atoms. The van der Waals surface area contributed by atoms with E-state index in [0.29, 0.717) is 24.2 Å². The summed E-state index contributed by atoms with van der Waals surface area (Å²) in [4.78, 5) is 15.4. The SMILES string of the molecule is Cn1ncnc1CC(OC(N)=O)C1CC2CNCC2C1. The summed E-state index contributed by atoms with van der Waals surface area (Å²) in [5.74, 6) is 2.61. The molecule has 2 heterocycles. The van der Waals surface area contributed by atoms with Crippen molar-refractivity contribution in [1.29, 1.82) is 0 Å². The van der Waals surface area contributed by atoms with Crippen LogP contribution in [0.4, 0.5) is 4.79 Å². The molecule has 20 heavy (non-hydrogen) atoms. The molecule has 0 spiro atoms. The molecule has 1 aliphatic carbocycles. The zero-order valence-electron chi connectivity index (χ0n) is 11.7. The van der Waals surface area contributed by atoms with Gasteiger partial charge in [-0.1, -0.05) is 0 Å². The maximum Gasteiger partial charge on any atom is 0.404 e. The van der Waals surface area contributed by atoms with Gasteiger partial charge in [-0.05, 0) is 43.7 Å². The van der Waals surface area contributed by atoms with Crippen LogP contribution in [0.3, 0.4) is 0 Å². The molecule has 110 valence electrons. The maximum absolute atomic E-state index is 11.2. The van der Waals surface area contributed by atoms with Crippen molar-refractivity contribution in [3.63, 3.8) is 0 Å². The Labute approximate surface area is 117 Å². The third-order valence-corrected chi connectivity index (χ3v) is 4.67. The third kappa shape index (κ3) is 2.63. The first kappa shape index (κ1) is 13.4. The van der Waals surface area contributed by atoms with Crippen molar-refractivity contribution >= 4 is 6.09 Å². The predicted molar refractivity (Wildman–Crippen MR) is 71.7 cm³/mol. The third-order valence-electron chi connectivity index (χ3n) is 4.67. The maximum atomic E-state index is 11.2. The second-order valence-corrected chi connectivity index (χ2v) is 5.89. The van der Waals surface area contributed by atoms with Gasteiger partial charge < -0.3 is 15.8 Å². The van der Waals surface area contributed by atoms with Gasteiger partial charge in [0.2, 0.25) is 0 Å². The van der Waals surface area contributed by atoms with Crippen LogP contribution in [0.2, 0.25) is 0 Å². The van der Waals surface area contributed by atoms with Gasteiger partial charge in [-0.2, -0.15) is 5.10 Å². The van der Waals surface area contributed by atoms with E-state index in [4.69, 9.17) is 10.5 Å². The molecule has 1 aliphatic heterocycles. The molecule has 2 aliphatic rings. The molecule has 0 radical (unpaired) electrons. The summed E-state index contributed by atoms with van der Waals surface area (Å²) in [6.07, 6.45) is 3.38. The number of primary amides is 1. The topological polar surface area (TPSA) is 95.1 Å². The first-order valence-electron chi connectivity index (χ1n) is 7.13. The predicted octanol–water partition coefficient (Wildman–Crippen LogP) is 0.0671. The summed E-state index contributed by atoms with van der Waals surface area (Å²) in [6.45, 7) is 2.16. The van der Waals surface area contributed by atoms with E-state index in [2.05, 4.69) is 15.4 Å². The molecule has 7 heteroatoms. The first-order chi connectivity index (χ1) is 9.63. The van der Waals surface area contributed by atoms with Crippen molar-refractivity contribution in [2.75, 3.05) is 13.1 Å². The number of aromatic nitrogens is 3. The Balaban J connectivity index is 1.70. The van der Waals surface area contributed by atoms with Gasteiger partial charge in [0.05, 0.1) is 0 Å². The Morgan fingerprint density at radius 3 is 2.80 bits per heavy atom. The smallest absolute Gasteiger partial charge is 0.404 e. The van der Waals surface area contributed by atoms with E-state index in [1.807, 2.05) is 7.05 Å². The molecule has 1 saturated heterocycles. The fraction of sp³-hybridized carbons (Fsp3) is 0.769. The summed E-state index contributed by atoms with van der Waals surface area (Å²) in [6, 6.07) is 0. The number of carbonyl (C=O) groups excluding carboxylic acids is 1. The van der Waals surface area contributed by atoms with Crippen LogP contribution in [0.5, 0.6) is 0 Å². The molecular weight excluding hydrogens is 258 g/mol. The fourth-order valence-corrected chi connectivity index (χ4v) is 3.66. The summed E-state index contributed by atoms with van der Waals surface area (Å²) < 4.78 is 7.08. The molecule has 1 aromatic heterocycles. The van der Waals surface area contributed by atoms with Crippen LogP contribution in [0, 0.1) is 17.8 Å². The Bertz CT molecular complexity index is 477. The lowest BCUT2D eigenvalue weighted by Crippen LogP contribution is -2.32. The lowest BCUT2D eigenvalue weighted by molar-refractivity contribution is 0.0656. The molecule has 3 unspecified atom stereocenters. The lowest BCUT2D eigenvalue weighted by Gasteiger charge is -2.23. The number of nitrogens with two attached hydrogens (primary N) is 1. The number of ether oxygens (including phenoxy) is 1. The number of aryl methyl sites for hydroxylation is 1. The Hall–Kier alpha value is -1.63. The van der Waals surface area contributed by atoms with Crippen molar-refractivity contribution < 1.29 is 9.53 Å². The van der Waals surface area contributed by atoms with Gasteiger partial charge >= 0.3 is 6.09 Å². The van der Waals surface area contributed by atoms with Crippen LogP contribution >= 0.6 is 0 Å². The molecule has 2 fully saturated rings. The molecule has 0 aromatic carbocycles. The quantitative estimate of drug-likeness (QED) is 0.813. The second-order valence-electron chi connectivity index (χ2n) is 5.89. The van der Waals surface area contributed by atoms with Gasteiger partial charge in [-0.15, -0.1) is 0 Å². The van der Waals surface area contributed by atoms with Crippen LogP contribution < -0.4 is 11.1 Å². The minimum Gasteiger partial charge on any atom is -0.446 e. The van der Waals surface area contributed by atoms with Gasteiger partial charge in [0.15, 0.2) is 0 Å². The molecule has 7 nitrogen and oxygen atoms in total. The highest BCUT2D eigenvalue weighted by Crippen LogP contribution is 2.41. The van der Waals surface area contributed by atoms with E-state index >= 15 is 0 Å². The van der Waals surface area contributed by atoms with Gasteiger partial charge in [0.25, 0.3) is 0 Å². The Morgan fingerprint density at radius 2 is 2.25 bits per heavy atom. The van der Waals surface area contributed by atoms with E-state index in [-0.39, 0.29) is 6.10 Å². The largest absolute Gasteiger partial charge is 0.446 e. The monoisotopic (exact) mass is 279 g/mol. The Morgan fingerprint density at radius 1 is 1.55 bits per heavy atom. The van der Waals surface area contributed by atoms with Gasteiger partial charge in [0, 0.05) is 13.5 Å². The summed E-state index contributed by atoms with van der Waals surface area (Å²) >= 11 is 0. The van der Waals surface area contributed by atoms with Crippen molar-refractivity contribution in [2.45, 2.75) is 25.4 Å². The molecule has 3 rings (SSSR count). The van der Waals surface area contributed by atoms with Gasteiger partial charge in [0.1, 0.15) is 18.3 Å². The number of nitrogens with zero attached hydrogens (tertiary/aromatic N) is 3. The zero-order valence-corrected chi connectivity index (χ0v) is 11.7. The van der Waals surface area contributed by atoms with Crippen LogP contribution in [0.1, 0.15) is 18.7 Å². The van der Waals surface area contributed by atoms with Crippen molar-refractivity contribution in [3.8, 4) is 0 Å². The summed E-state index contributed by atoms with van der Waals surface area (Å²) in [5.41, 5.74) is 5.23. The van der Waals surface area contributed by atoms with E-state index in [9.17, 15) is 4.79 Å². The molecule has 1 aromatic rings. The van der Waals surface area contributed by atoms with E-state index in [1.165, 1.54) is 6.33 Å².